The molecule has 1 aliphatic heterocycles. The normalized spacial score (nSPS) is 27.5. The van der Waals surface area contributed by atoms with Gasteiger partial charge in [-0.05, 0) is 64.4 Å². The van der Waals surface area contributed by atoms with E-state index in [1.54, 1.807) is 20.8 Å². The van der Waals surface area contributed by atoms with E-state index in [1.807, 2.05) is 6.07 Å². The quantitative estimate of drug-likeness (QED) is 0.508. The molecule has 3 rings (SSSR count). The first-order chi connectivity index (χ1) is 14.2. The maximum absolute atomic E-state index is 12.7. The van der Waals surface area contributed by atoms with Crippen LogP contribution in [0.2, 0.25) is 0 Å². The molecule has 1 saturated heterocycles. The summed E-state index contributed by atoms with van der Waals surface area (Å²) in [7, 11) is 0. The molecule has 2 fully saturated rings. The van der Waals surface area contributed by atoms with E-state index in [9.17, 15) is 14.9 Å². The van der Waals surface area contributed by atoms with Crippen molar-refractivity contribution in [1.82, 2.24) is 4.90 Å². The standard InChI is InChI=1S/C23H34N2O5/c1-23(2,3)30-22(26)24-15-7-10-20(25(27)28)21(24)16-29-19-13-11-18(12-14-19)17-8-5-4-6-9-17/h4-6,8-9,18-21H,7,10-16H2,1-3H3/t18-,19+,20?,21?. The van der Waals surface area contributed by atoms with Crippen LogP contribution < -0.4 is 0 Å². The minimum atomic E-state index is -0.813. The van der Waals surface area contributed by atoms with E-state index in [2.05, 4.69) is 24.3 Å². The fraction of sp³-hybridized carbons (Fsp3) is 0.696. The number of carbonyl (C=O) groups excluding carboxylic acids is 1. The van der Waals surface area contributed by atoms with Crippen LogP contribution in [0.1, 0.15) is 70.8 Å². The topological polar surface area (TPSA) is 81.9 Å². The third-order valence-corrected chi connectivity index (χ3v) is 6.09. The van der Waals surface area contributed by atoms with E-state index in [-0.39, 0.29) is 17.6 Å². The first-order valence-corrected chi connectivity index (χ1v) is 11.0. The van der Waals surface area contributed by atoms with Crippen molar-refractivity contribution in [2.24, 2.45) is 0 Å². The number of ether oxygens (including phenoxy) is 2. The predicted octanol–water partition coefficient (Wildman–Crippen LogP) is 4.77. The smallest absolute Gasteiger partial charge is 0.410 e. The zero-order valence-electron chi connectivity index (χ0n) is 18.3. The molecule has 1 aromatic carbocycles. The van der Waals surface area contributed by atoms with Crippen molar-refractivity contribution >= 4 is 6.09 Å². The van der Waals surface area contributed by atoms with Gasteiger partial charge in [-0.3, -0.25) is 15.0 Å². The Labute approximate surface area is 178 Å². The van der Waals surface area contributed by atoms with E-state index in [0.29, 0.717) is 25.3 Å². The Morgan fingerprint density at radius 1 is 1.13 bits per heavy atom. The summed E-state index contributed by atoms with van der Waals surface area (Å²) in [6.45, 7) is 6.06. The Hall–Kier alpha value is -2.15. The van der Waals surface area contributed by atoms with Gasteiger partial charge in [0.05, 0.1) is 12.7 Å². The number of nitro groups is 1. The summed E-state index contributed by atoms with van der Waals surface area (Å²) in [4.78, 5) is 25.6. The Morgan fingerprint density at radius 2 is 1.80 bits per heavy atom. The van der Waals surface area contributed by atoms with Crippen molar-refractivity contribution in [3.05, 3.63) is 46.0 Å². The Kier molecular flexibility index (Phi) is 7.34. The molecule has 0 aromatic heterocycles. The van der Waals surface area contributed by atoms with Crippen molar-refractivity contribution in [2.75, 3.05) is 13.2 Å². The minimum Gasteiger partial charge on any atom is -0.444 e. The lowest BCUT2D eigenvalue weighted by Crippen LogP contribution is -2.57. The molecule has 0 radical (unpaired) electrons. The second-order valence-electron chi connectivity index (χ2n) is 9.45. The number of benzene rings is 1. The lowest BCUT2D eigenvalue weighted by Gasteiger charge is -2.38. The first-order valence-electron chi connectivity index (χ1n) is 11.0. The third-order valence-electron chi connectivity index (χ3n) is 6.09. The van der Waals surface area contributed by atoms with E-state index < -0.39 is 23.8 Å². The van der Waals surface area contributed by atoms with Gasteiger partial charge < -0.3 is 9.47 Å². The largest absolute Gasteiger partial charge is 0.444 e. The average molecular weight is 419 g/mol. The van der Waals surface area contributed by atoms with Crippen LogP contribution in [0.3, 0.4) is 0 Å². The van der Waals surface area contributed by atoms with Crippen molar-refractivity contribution < 1.29 is 19.2 Å². The van der Waals surface area contributed by atoms with Crippen LogP contribution >= 0.6 is 0 Å². The van der Waals surface area contributed by atoms with Gasteiger partial charge in [0.15, 0.2) is 0 Å². The average Bonchev–Trinajstić information content (AvgIpc) is 2.71. The Morgan fingerprint density at radius 3 is 2.40 bits per heavy atom. The molecule has 0 N–H and O–H groups in total. The van der Waals surface area contributed by atoms with Crippen LogP contribution in [0.5, 0.6) is 0 Å². The van der Waals surface area contributed by atoms with Crippen molar-refractivity contribution in [3.8, 4) is 0 Å². The molecule has 2 aliphatic rings. The van der Waals surface area contributed by atoms with Gasteiger partial charge in [-0.1, -0.05) is 30.3 Å². The summed E-state index contributed by atoms with van der Waals surface area (Å²) in [5.74, 6) is 0.547. The highest BCUT2D eigenvalue weighted by molar-refractivity contribution is 5.68. The maximum atomic E-state index is 12.7. The summed E-state index contributed by atoms with van der Waals surface area (Å²) in [6, 6.07) is 9.13. The van der Waals surface area contributed by atoms with Crippen molar-refractivity contribution in [2.45, 2.75) is 89.0 Å². The van der Waals surface area contributed by atoms with Crippen molar-refractivity contribution in [1.29, 1.82) is 0 Å². The monoisotopic (exact) mass is 418 g/mol. The molecule has 7 heteroatoms. The SMILES string of the molecule is CC(C)(C)OC(=O)N1CCCC([N+](=O)[O-])C1CO[C@H]1CC[C@@H](c2ccccc2)CC1. The zero-order valence-corrected chi connectivity index (χ0v) is 18.3. The highest BCUT2D eigenvalue weighted by Crippen LogP contribution is 2.34. The van der Waals surface area contributed by atoms with Gasteiger partial charge in [0.1, 0.15) is 11.6 Å². The molecule has 1 saturated carbocycles. The molecular formula is C23H34N2O5. The summed E-state index contributed by atoms with van der Waals surface area (Å²) < 4.78 is 11.6. The van der Waals surface area contributed by atoms with Crippen LogP contribution in [0, 0.1) is 10.1 Å². The zero-order chi connectivity index (χ0) is 21.7. The molecule has 1 heterocycles. The molecule has 1 amide bonds. The molecule has 2 atom stereocenters. The Balaban J connectivity index is 1.59. The van der Waals surface area contributed by atoms with E-state index >= 15 is 0 Å². The summed E-state index contributed by atoms with van der Waals surface area (Å²) in [6.07, 6.45) is 4.62. The van der Waals surface area contributed by atoms with Gasteiger partial charge in [-0.15, -0.1) is 0 Å². The second kappa shape index (κ2) is 9.77. The van der Waals surface area contributed by atoms with Gasteiger partial charge in [0.2, 0.25) is 6.04 Å². The molecule has 166 valence electrons. The molecule has 2 unspecified atom stereocenters. The number of hydrogen-bond donors (Lipinski definition) is 0. The number of nitrogens with zero attached hydrogens (tertiary/aromatic N) is 2. The molecule has 1 aliphatic carbocycles. The first kappa shape index (κ1) is 22.5. The van der Waals surface area contributed by atoms with Crippen LogP contribution in [-0.4, -0.2) is 52.9 Å². The summed E-state index contributed by atoms with van der Waals surface area (Å²) >= 11 is 0. The molecular weight excluding hydrogens is 384 g/mol. The highest BCUT2D eigenvalue weighted by atomic mass is 16.6. The fourth-order valence-corrected chi connectivity index (χ4v) is 4.55. The predicted molar refractivity (Wildman–Crippen MR) is 114 cm³/mol. The van der Waals surface area contributed by atoms with Crippen LogP contribution in [0.15, 0.2) is 30.3 Å². The van der Waals surface area contributed by atoms with Gasteiger partial charge in [-0.2, -0.15) is 0 Å². The number of likely N-dealkylation sites (tertiary alicyclic amines) is 1. The lowest BCUT2D eigenvalue weighted by atomic mass is 9.83. The van der Waals surface area contributed by atoms with Crippen molar-refractivity contribution in [3.63, 3.8) is 0 Å². The van der Waals surface area contributed by atoms with Crippen LogP contribution in [0.4, 0.5) is 4.79 Å². The van der Waals surface area contributed by atoms with Gasteiger partial charge in [0.25, 0.3) is 0 Å². The second-order valence-corrected chi connectivity index (χ2v) is 9.45. The number of carbonyl (C=O) groups is 1. The number of rotatable bonds is 5. The van der Waals surface area contributed by atoms with E-state index in [0.717, 1.165) is 25.7 Å². The number of amides is 1. The van der Waals surface area contributed by atoms with Crippen LogP contribution in [0.25, 0.3) is 0 Å². The number of hydrogen-bond acceptors (Lipinski definition) is 5. The maximum Gasteiger partial charge on any atom is 0.410 e. The van der Waals surface area contributed by atoms with E-state index in [1.165, 1.54) is 10.5 Å². The Bertz CT molecular complexity index is 710. The molecule has 30 heavy (non-hydrogen) atoms. The number of piperidine rings is 1. The van der Waals surface area contributed by atoms with E-state index in [4.69, 9.17) is 9.47 Å². The molecule has 1 aromatic rings. The highest BCUT2D eigenvalue weighted by Gasteiger charge is 2.43. The molecule has 7 nitrogen and oxygen atoms in total. The fourth-order valence-electron chi connectivity index (χ4n) is 4.55. The summed E-state index contributed by atoms with van der Waals surface area (Å²) in [5.41, 5.74) is 0.729. The molecule has 0 bridgehead atoms. The van der Waals surface area contributed by atoms with Gasteiger partial charge in [-0.25, -0.2) is 4.79 Å². The minimum absolute atomic E-state index is 0.0831. The van der Waals surface area contributed by atoms with Gasteiger partial charge in [0, 0.05) is 17.9 Å². The third kappa shape index (κ3) is 5.94. The lowest BCUT2D eigenvalue weighted by molar-refractivity contribution is -0.534. The summed E-state index contributed by atoms with van der Waals surface area (Å²) in [5, 5.41) is 11.6. The van der Waals surface area contributed by atoms with Crippen LogP contribution in [-0.2, 0) is 9.47 Å². The molecule has 0 spiro atoms. The van der Waals surface area contributed by atoms with Gasteiger partial charge >= 0.3 is 6.09 Å².